The fourth-order valence-electron chi connectivity index (χ4n) is 4.00. The molecule has 1 heterocycles. The molecular weight excluding hydrogens is 306 g/mol. The summed E-state index contributed by atoms with van der Waals surface area (Å²) in [7, 11) is 0. The van der Waals surface area contributed by atoms with E-state index in [-0.39, 0.29) is 16.9 Å². The average Bonchev–Trinajstić information content (AvgIpc) is 3.27. The SMILES string of the molecule is CC1(C)CC2(OC2c2ccccc2[N+](=O)[O-])C(=O)c2ccccc21. The number of carbonyl (C=O) groups is 1. The largest absolute Gasteiger partial charge is 0.352 e. The van der Waals surface area contributed by atoms with Gasteiger partial charge in [0.25, 0.3) is 5.69 Å². The quantitative estimate of drug-likeness (QED) is 0.476. The molecule has 1 fully saturated rings. The van der Waals surface area contributed by atoms with Gasteiger partial charge in [0.1, 0.15) is 6.10 Å². The topological polar surface area (TPSA) is 72.7 Å². The molecular formula is C19H17NO4. The number of benzene rings is 2. The molecule has 1 saturated heterocycles. The summed E-state index contributed by atoms with van der Waals surface area (Å²) in [5.74, 6) is -0.0689. The number of Topliss-reactive ketones (excluding diaryl/α,β-unsaturated/α-hetero) is 1. The average molecular weight is 323 g/mol. The molecule has 24 heavy (non-hydrogen) atoms. The third-order valence-corrected chi connectivity index (χ3v) is 5.10. The zero-order valence-corrected chi connectivity index (χ0v) is 13.5. The Balaban J connectivity index is 1.80. The van der Waals surface area contributed by atoms with E-state index in [2.05, 4.69) is 13.8 Å². The molecule has 122 valence electrons. The van der Waals surface area contributed by atoms with Gasteiger partial charge in [-0.05, 0) is 23.5 Å². The minimum Gasteiger partial charge on any atom is -0.352 e. The number of nitro groups is 1. The zero-order valence-electron chi connectivity index (χ0n) is 13.5. The Hall–Kier alpha value is -2.53. The van der Waals surface area contributed by atoms with Crippen molar-refractivity contribution >= 4 is 11.5 Å². The lowest BCUT2D eigenvalue weighted by atomic mass is 9.66. The van der Waals surface area contributed by atoms with Crippen LogP contribution in [-0.4, -0.2) is 16.3 Å². The maximum atomic E-state index is 13.1. The number of hydrogen-bond acceptors (Lipinski definition) is 4. The molecule has 2 unspecified atom stereocenters. The number of para-hydroxylation sites is 1. The van der Waals surface area contributed by atoms with E-state index in [1.807, 2.05) is 24.3 Å². The molecule has 1 aliphatic carbocycles. The third-order valence-electron chi connectivity index (χ3n) is 5.10. The minimum absolute atomic E-state index is 0.00356. The molecule has 2 aromatic rings. The van der Waals surface area contributed by atoms with Crippen molar-refractivity contribution in [1.82, 2.24) is 0 Å². The molecule has 2 atom stereocenters. The molecule has 0 N–H and O–H groups in total. The summed E-state index contributed by atoms with van der Waals surface area (Å²) in [6, 6.07) is 14.1. The maximum absolute atomic E-state index is 13.1. The van der Waals surface area contributed by atoms with Gasteiger partial charge in [-0.25, -0.2) is 0 Å². The Labute approximate surface area is 139 Å². The molecule has 1 aliphatic heterocycles. The van der Waals surface area contributed by atoms with E-state index >= 15 is 0 Å². The third kappa shape index (κ3) is 1.94. The highest BCUT2D eigenvalue weighted by molar-refractivity contribution is 6.07. The van der Waals surface area contributed by atoms with Crippen molar-refractivity contribution in [2.45, 2.75) is 37.4 Å². The first kappa shape index (κ1) is 15.0. The van der Waals surface area contributed by atoms with Gasteiger partial charge < -0.3 is 4.74 Å². The summed E-state index contributed by atoms with van der Waals surface area (Å²) in [5, 5.41) is 11.3. The lowest BCUT2D eigenvalue weighted by molar-refractivity contribution is -0.385. The molecule has 5 heteroatoms. The first-order valence-electron chi connectivity index (χ1n) is 7.92. The zero-order chi connectivity index (χ0) is 17.1. The second-order valence-electron chi connectivity index (χ2n) is 7.14. The Morgan fingerprint density at radius 2 is 1.79 bits per heavy atom. The number of carbonyl (C=O) groups excluding carboxylic acids is 1. The van der Waals surface area contributed by atoms with Crippen molar-refractivity contribution in [3.05, 3.63) is 75.3 Å². The van der Waals surface area contributed by atoms with Crippen LogP contribution in [-0.2, 0) is 10.2 Å². The summed E-state index contributed by atoms with van der Waals surface area (Å²) in [4.78, 5) is 23.9. The van der Waals surface area contributed by atoms with Gasteiger partial charge in [-0.2, -0.15) is 0 Å². The van der Waals surface area contributed by atoms with Gasteiger partial charge in [0.15, 0.2) is 11.4 Å². The standard InChI is InChI=1S/C19H17NO4/c1-18(2)11-19(16(21)12-7-3-5-9-14(12)18)17(24-19)13-8-4-6-10-15(13)20(22)23/h3-10,17H,11H2,1-2H3. The number of ketones is 1. The number of ether oxygens (including phenoxy) is 1. The molecule has 0 bridgehead atoms. The van der Waals surface area contributed by atoms with Crippen LogP contribution in [0.2, 0.25) is 0 Å². The van der Waals surface area contributed by atoms with Gasteiger partial charge in [0.2, 0.25) is 0 Å². The predicted molar refractivity (Wildman–Crippen MR) is 88.1 cm³/mol. The number of nitrogens with zero attached hydrogens (tertiary/aromatic N) is 1. The van der Waals surface area contributed by atoms with Gasteiger partial charge in [-0.3, -0.25) is 14.9 Å². The van der Waals surface area contributed by atoms with E-state index in [0.29, 0.717) is 17.5 Å². The van der Waals surface area contributed by atoms with E-state index in [1.165, 1.54) is 6.07 Å². The number of hydrogen-bond donors (Lipinski definition) is 0. The van der Waals surface area contributed by atoms with Crippen molar-refractivity contribution in [2.24, 2.45) is 0 Å². The molecule has 2 aromatic carbocycles. The number of nitro benzene ring substituents is 1. The van der Waals surface area contributed by atoms with E-state index in [0.717, 1.165) is 5.56 Å². The summed E-state index contributed by atoms with van der Waals surface area (Å²) < 4.78 is 5.87. The number of fused-ring (bicyclic) bond motifs is 1. The molecule has 4 rings (SSSR count). The van der Waals surface area contributed by atoms with Crippen LogP contribution in [0.15, 0.2) is 48.5 Å². The van der Waals surface area contributed by atoms with Crippen molar-refractivity contribution in [3.8, 4) is 0 Å². The Morgan fingerprint density at radius 3 is 2.54 bits per heavy atom. The Kier molecular flexibility index (Phi) is 2.97. The van der Waals surface area contributed by atoms with Gasteiger partial charge >= 0.3 is 0 Å². The predicted octanol–water partition coefficient (Wildman–Crippen LogP) is 3.97. The number of epoxide rings is 1. The second-order valence-corrected chi connectivity index (χ2v) is 7.14. The van der Waals surface area contributed by atoms with Gasteiger partial charge in [-0.1, -0.05) is 50.2 Å². The number of rotatable bonds is 2. The first-order valence-corrected chi connectivity index (χ1v) is 7.92. The maximum Gasteiger partial charge on any atom is 0.275 e. The lowest BCUT2D eigenvalue weighted by Gasteiger charge is -2.35. The van der Waals surface area contributed by atoms with Crippen molar-refractivity contribution in [2.75, 3.05) is 0 Å². The van der Waals surface area contributed by atoms with E-state index < -0.39 is 16.6 Å². The van der Waals surface area contributed by atoms with Gasteiger partial charge in [0.05, 0.1) is 10.5 Å². The van der Waals surface area contributed by atoms with Crippen LogP contribution in [0.3, 0.4) is 0 Å². The molecule has 2 aliphatic rings. The molecule has 0 amide bonds. The van der Waals surface area contributed by atoms with Crippen LogP contribution in [0.25, 0.3) is 0 Å². The summed E-state index contributed by atoms with van der Waals surface area (Å²) in [6.07, 6.45) is -0.0359. The van der Waals surface area contributed by atoms with Crippen molar-refractivity contribution in [3.63, 3.8) is 0 Å². The fourth-order valence-corrected chi connectivity index (χ4v) is 4.00. The molecule has 0 saturated carbocycles. The molecule has 1 spiro atoms. The second kappa shape index (κ2) is 4.74. The van der Waals surface area contributed by atoms with Crippen LogP contribution in [0, 0.1) is 10.1 Å². The Morgan fingerprint density at radius 1 is 1.12 bits per heavy atom. The fraction of sp³-hybridized carbons (Fsp3) is 0.316. The summed E-state index contributed by atoms with van der Waals surface area (Å²) in [6.45, 7) is 4.16. The van der Waals surface area contributed by atoms with Crippen molar-refractivity contribution in [1.29, 1.82) is 0 Å². The molecule has 0 radical (unpaired) electrons. The minimum atomic E-state index is -0.982. The smallest absolute Gasteiger partial charge is 0.275 e. The summed E-state index contributed by atoms with van der Waals surface area (Å²) >= 11 is 0. The van der Waals surface area contributed by atoms with Crippen molar-refractivity contribution < 1.29 is 14.5 Å². The highest BCUT2D eigenvalue weighted by Gasteiger charge is 2.68. The van der Waals surface area contributed by atoms with Crippen LogP contribution < -0.4 is 0 Å². The van der Waals surface area contributed by atoms with Gasteiger partial charge in [0, 0.05) is 11.6 Å². The highest BCUT2D eigenvalue weighted by atomic mass is 16.6. The van der Waals surface area contributed by atoms with E-state index in [9.17, 15) is 14.9 Å². The molecule has 5 nitrogen and oxygen atoms in total. The first-order chi connectivity index (χ1) is 11.4. The van der Waals surface area contributed by atoms with Crippen LogP contribution in [0.5, 0.6) is 0 Å². The highest BCUT2D eigenvalue weighted by Crippen LogP contribution is 2.61. The van der Waals surface area contributed by atoms with E-state index in [4.69, 9.17) is 4.74 Å². The van der Waals surface area contributed by atoms with Crippen LogP contribution in [0.4, 0.5) is 5.69 Å². The molecule has 0 aromatic heterocycles. The summed E-state index contributed by atoms with van der Waals surface area (Å²) in [5.41, 5.74) is 0.939. The van der Waals surface area contributed by atoms with E-state index in [1.54, 1.807) is 18.2 Å². The van der Waals surface area contributed by atoms with Gasteiger partial charge in [-0.15, -0.1) is 0 Å². The van der Waals surface area contributed by atoms with Crippen LogP contribution in [0.1, 0.15) is 47.9 Å². The normalized spacial score (nSPS) is 26.9. The lowest BCUT2D eigenvalue weighted by Crippen LogP contribution is -2.40. The Bertz CT molecular complexity index is 873. The monoisotopic (exact) mass is 323 g/mol. The van der Waals surface area contributed by atoms with Crippen LogP contribution >= 0.6 is 0 Å².